The molecule has 1 heterocycles. The predicted octanol–water partition coefficient (Wildman–Crippen LogP) is 3.88. The maximum atomic E-state index is 12.3. The number of nitrogens with zero attached hydrogens (tertiary/aromatic N) is 3. The highest BCUT2D eigenvalue weighted by molar-refractivity contribution is 5.86. The van der Waals surface area contributed by atoms with Crippen LogP contribution in [0.25, 0.3) is 17.1 Å². The van der Waals surface area contributed by atoms with Crippen LogP contribution in [0.3, 0.4) is 0 Å². The van der Waals surface area contributed by atoms with Gasteiger partial charge in [0, 0.05) is 6.54 Å². The van der Waals surface area contributed by atoms with Gasteiger partial charge in [-0.05, 0) is 30.2 Å². The van der Waals surface area contributed by atoms with E-state index in [2.05, 4.69) is 15.5 Å². The summed E-state index contributed by atoms with van der Waals surface area (Å²) in [6.07, 6.45) is 5.44. The van der Waals surface area contributed by atoms with Crippen molar-refractivity contribution in [1.29, 1.82) is 0 Å². The number of imidazole rings is 1. The maximum absolute atomic E-state index is 12.3. The fraction of sp³-hybridized carbons (Fsp3) is 0.190. The second-order valence-electron chi connectivity index (χ2n) is 6.32. The first-order valence-electron chi connectivity index (χ1n) is 8.59. The first kappa shape index (κ1) is 17.6. The van der Waals surface area contributed by atoms with Crippen LogP contribution in [0.15, 0.2) is 71.6 Å². The lowest BCUT2D eigenvalue weighted by molar-refractivity contribution is -0.124. The molecule has 1 atom stereocenters. The number of carbonyl (C=O) groups excluding carboxylic acids is 1. The Hall–Kier alpha value is -3.21. The SMILES string of the molecule is CC(/C=N\NC(=O)[C@H](C)Cn1cnc2ccccc21)=C\c1ccccc1. The van der Waals surface area contributed by atoms with Crippen LogP contribution in [0.4, 0.5) is 0 Å². The summed E-state index contributed by atoms with van der Waals surface area (Å²) in [5.41, 5.74) is 6.63. The first-order chi connectivity index (χ1) is 12.6. The van der Waals surface area contributed by atoms with Gasteiger partial charge in [0.15, 0.2) is 0 Å². The van der Waals surface area contributed by atoms with Gasteiger partial charge in [0.05, 0.1) is 29.5 Å². The summed E-state index contributed by atoms with van der Waals surface area (Å²) in [7, 11) is 0. The zero-order valence-corrected chi connectivity index (χ0v) is 15.0. The molecule has 1 N–H and O–H groups in total. The molecule has 0 unspecified atom stereocenters. The van der Waals surface area contributed by atoms with Crippen molar-refractivity contribution in [2.24, 2.45) is 11.0 Å². The van der Waals surface area contributed by atoms with Gasteiger partial charge in [-0.1, -0.05) is 55.5 Å². The third-order valence-electron chi connectivity index (χ3n) is 4.08. The third kappa shape index (κ3) is 4.45. The third-order valence-corrected chi connectivity index (χ3v) is 4.08. The van der Waals surface area contributed by atoms with Crippen LogP contribution >= 0.6 is 0 Å². The maximum Gasteiger partial charge on any atom is 0.244 e. The number of amides is 1. The van der Waals surface area contributed by atoms with Crippen molar-refractivity contribution in [2.75, 3.05) is 0 Å². The molecular formula is C21H22N4O. The molecule has 0 aliphatic carbocycles. The summed E-state index contributed by atoms with van der Waals surface area (Å²) in [6, 6.07) is 17.9. The molecular weight excluding hydrogens is 324 g/mol. The molecule has 26 heavy (non-hydrogen) atoms. The van der Waals surface area contributed by atoms with Crippen molar-refractivity contribution in [1.82, 2.24) is 15.0 Å². The van der Waals surface area contributed by atoms with Gasteiger partial charge in [-0.3, -0.25) is 4.79 Å². The zero-order chi connectivity index (χ0) is 18.4. The normalized spacial score (nSPS) is 13.2. The van der Waals surface area contributed by atoms with Gasteiger partial charge in [-0.25, -0.2) is 10.4 Å². The lowest BCUT2D eigenvalue weighted by atomic mass is 10.1. The minimum absolute atomic E-state index is 0.119. The molecule has 3 aromatic rings. The number of nitrogens with one attached hydrogen (secondary N) is 1. The molecule has 0 aliphatic heterocycles. The summed E-state index contributed by atoms with van der Waals surface area (Å²) in [5, 5.41) is 4.06. The second-order valence-corrected chi connectivity index (χ2v) is 6.32. The molecule has 5 nitrogen and oxygen atoms in total. The van der Waals surface area contributed by atoms with Gasteiger partial charge in [0.2, 0.25) is 5.91 Å². The van der Waals surface area contributed by atoms with E-state index >= 15 is 0 Å². The highest BCUT2D eigenvalue weighted by atomic mass is 16.2. The number of aromatic nitrogens is 2. The van der Waals surface area contributed by atoms with E-state index in [-0.39, 0.29) is 11.8 Å². The van der Waals surface area contributed by atoms with Crippen LogP contribution in [-0.4, -0.2) is 21.7 Å². The Balaban J connectivity index is 1.56. The second kappa shape index (κ2) is 8.25. The smallest absolute Gasteiger partial charge is 0.244 e. The van der Waals surface area contributed by atoms with Gasteiger partial charge in [0.1, 0.15) is 0 Å². The Morgan fingerprint density at radius 3 is 2.73 bits per heavy atom. The molecule has 0 radical (unpaired) electrons. The van der Waals surface area contributed by atoms with Crippen molar-refractivity contribution in [3.63, 3.8) is 0 Å². The fourth-order valence-electron chi connectivity index (χ4n) is 2.69. The minimum Gasteiger partial charge on any atom is -0.330 e. The highest BCUT2D eigenvalue weighted by Crippen LogP contribution is 2.13. The molecule has 1 aromatic heterocycles. The number of carbonyl (C=O) groups is 1. The van der Waals surface area contributed by atoms with E-state index in [0.29, 0.717) is 6.54 Å². The number of hydrogen-bond acceptors (Lipinski definition) is 3. The van der Waals surface area contributed by atoms with Gasteiger partial charge in [0.25, 0.3) is 0 Å². The van der Waals surface area contributed by atoms with Crippen LogP contribution < -0.4 is 5.43 Å². The molecule has 5 heteroatoms. The number of allylic oxidation sites excluding steroid dienone is 1. The summed E-state index contributed by atoms with van der Waals surface area (Å²) in [5.74, 6) is -0.338. The number of para-hydroxylation sites is 2. The lowest BCUT2D eigenvalue weighted by Crippen LogP contribution is -2.27. The summed E-state index contributed by atoms with van der Waals surface area (Å²) in [6.45, 7) is 4.39. The van der Waals surface area contributed by atoms with Crippen LogP contribution in [0.1, 0.15) is 19.4 Å². The Morgan fingerprint density at radius 1 is 1.19 bits per heavy atom. The molecule has 0 spiro atoms. The Morgan fingerprint density at radius 2 is 1.92 bits per heavy atom. The fourth-order valence-corrected chi connectivity index (χ4v) is 2.69. The zero-order valence-electron chi connectivity index (χ0n) is 15.0. The standard InChI is InChI=1S/C21H22N4O/c1-16(12-18-8-4-3-5-9-18)13-23-24-21(26)17(2)14-25-15-22-19-10-6-7-11-20(19)25/h3-13,15,17H,14H2,1-2H3,(H,24,26)/b16-12+,23-13-/t17-/m1/s1. The van der Waals surface area contributed by atoms with Crippen molar-refractivity contribution in [2.45, 2.75) is 20.4 Å². The summed E-state index contributed by atoms with van der Waals surface area (Å²) >= 11 is 0. The summed E-state index contributed by atoms with van der Waals surface area (Å²) < 4.78 is 1.99. The Bertz CT molecular complexity index is 941. The molecule has 132 valence electrons. The van der Waals surface area contributed by atoms with Crippen molar-refractivity contribution in [3.8, 4) is 0 Å². The number of hydrogen-bond donors (Lipinski definition) is 1. The average Bonchev–Trinajstić information content (AvgIpc) is 3.05. The van der Waals surface area contributed by atoms with E-state index in [1.165, 1.54) is 0 Å². The molecule has 0 aliphatic rings. The van der Waals surface area contributed by atoms with Gasteiger partial charge < -0.3 is 4.57 Å². The average molecular weight is 346 g/mol. The number of benzene rings is 2. The Labute approximate surface area is 153 Å². The van der Waals surface area contributed by atoms with E-state index in [1.54, 1.807) is 12.5 Å². The molecule has 0 bridgehead atoms. The molecule has 0 saturated carbocycles. The van der Waals surface area contributed by atoms with E-state index in [4.69, 9.17) is 0 Å². The molecule has 1 amide bonds. The molecule has 0 fully saturated rings. The van der Waals surface area contributed by atoms with E-state index in [0.717, 1.165) is 22.2 Å². The van der Waals surface area contributed by atoms with Gasteiger partial charge >= 0.3 is 0 Å². The largest absolute Gasteiger partial charge is 0.330 e. The van der Waals surface area contributed by atoms with Crippen molar-refractivity contribution < 1.29 is 4.79 Å². The number of rotatable bonds is 6. The summed E-state index contributed by atoms with van der Waals surface area (Å²) in [4.78, 5) is 16.6. The lowest BCUT2D eigenvalue weighted by Gasteiger charge is -2.11. The molecule has 3 rings (SSSR count). The highest BCUT2D eigenvalue weighted by Gasteiger charge is 2.14. The van der Waals surface area contributed by atoms with Gasteiger partial charge in [-0.15, -0.1) is 0 Å². The van der Waals surface area contributed by atoms with Crippen LogP contribution in [0.5, 0.6) is 0 Å². The van der Waals surface area contributed by atoms with E-state index in [9.17, 15) is 4.79 Å². The van der Waals surface area contributed by atoms with Crippen LogP contribution in [0.2, 0.25) is 0 Å². The molecule has 2 aromatic carbocycles. The topological polar surface area (TPSA) is 59.3 Å². The van der Waals surface area contributed by atoms with Gasteiger partial charge in [-0.2, -0.15) is 5.10 Å². The van der Waals surface area contributed by atoms with E-state index in [1.807, 2.05) is 79.1 Å². The monoisotopic (exact) mass is 346 g/mol. The van der Waals surface area contributed by atoms with Crippen molar-refractivity contribution >= 4 is 29.2 Å². The van der Waals surface area contributed by atoms with Crippen molar-refractivity contribution in [3.05, 3.63) is 72.1 Å². The van der Waals surface area contributed by atoms with Crippen LogP contribution in [-0.2, 0) is 11.3 Å². The number of hydrazone groups is 1. The first-order valence-corrected chi connectivity index (χ1v) is 8.59. The Kier molecular flexibility index (Phi) is 5.59. The quantitative estimate of drug-likeness (QED) is 0.544. The number of fused-ring (bicyclic) bond motifs is 1. The van der Waals surface area contributed by atoms with E-state index < -0.39 is 0 Å². The molecule has 0 saturated heterocycles. The minimum atomic E-state index is -0.219. The van der Waals surface area contributed by atoms with Crippen LogP contribution in [0, 0.1) is 5.92 Å². The predicted molar refractivity (Wildman–Crippen MR) is 106 cm³/mol.